The number of piperazine rings is 1. The number of nitrogens with zero attached hydrogens (tertiary/aromatic N) is 6. The van der Waals surface area contributed by atoms with Crippen molar-refractivity contribution in [3.8, 4) is 11.1 Å². The molecule has 1 aliphatic carbocycles. The van der Waals surface area contributed by atoms with E-state index in [1.165, 1.54) is 68.2 Å². The molecule has 3 aliphatic rings. The van der Waals surface area contributed by atoms with E-state index >= 15 is 0 Å². The first-order valence-corrected chi connectivity index (χ1v) is 23.4. The number of fused-ring (bicyclic) bond motifs is 2. The molecule has 2 N–H and O–H groups in total. The summed E-state index contributed by atoms with van der Waals surface area (Å²) in [7, 11) is 1.56. The van der Waals surface area contributed by atoms with Crippen molar-refractivity contribution in [3.05, 3.63) is 106 Å². The molecule has 64 heavy (non-hydrogen) atoms. The Morgan fingerprint density at radius 1 is 0.906 bits per heavy atom. The maximum atomic E-state index is 14.1. The number of benzene rings is 3. The second kappa shape index (κ2) is 22.1. The topological polar surface area (TPSA) is 116 Å². The largest absolute Gasteiger partial charge is 0.357 e. The van der Waals surface area contributed by atoms with Gasteiger partial charge >= 0.3 is 0 Å². The number of carbonyl (C=O) groups is 3. The molecule has 2 aliphatic heterocycles. The SMILES string of the molecule is C.CNC(=O)C(CCC=O)N1Cc2cc(CCCCCCCN3CCN(Cc4ccc(-c5cn(C6CCCCC6)c6nc(Nc7cc(F)cc(Cl)c7)ncc56)cc4)CC3)ccc2C1=O. The number of halogens is 2. The predicted octanol–water partition coefficient (Wildman–Crippen LogP) is 10.1. The van der Waals surface area contributed by atoms with Gasteiger partial charge in [0.05, 0.1) is 0 Å². The lowest BCUT2D eigenvalue weighted by Crippen LogP contribution is -2.46. The summed E-state index contributed by atoms with van der Waals surface area (Å²) in [5.74, 6) is -0.359. The Labute approximate surface area is 382 Å². The molecule has 340 valence electrons. The second-order valence-electron chi connectivity index (χ2n) is 17.6. The Hall–Kier alpha value is -5.17. The van der Waals surface area contributed by atoms with Gasteiger partial charge in [0.1, 0.15) is 23.8 Å². The van der Waals surface area contributed by atoms with Gasteiger partial charge in [-0.15, -0.1) is 0 Å². The van der Waals surface area contributed by atoms with Gasteiger partial charge in [-0.1, -0.05) is 94.0 Å². The van der Waals surface area contributed by atoms with Crippen LogP contribution in [-0.2, 0) is 29.1 Å². The lowest BCUT2D eigenvalue weighted by molar-refractivity contribution is -0.125. The third-order valence-corrected chi connectivity index (χ3v) is 13.4. The summed E-state index contributed by atoms with van der Waals surface area (Å²) >= 11 is 6.11. The number of hydrogen-bond acceptors (Lipinski definition) is 8. The molecule has 0 radical (unpaired) electrons. The minimum Gasteiger partial charge on any atom is -0.357 e. The molecule has 4 heterocycles. The van der Waals surface area contributed by atoms with Crippen LogP contribution in [0.1, 0.15) is 118 Å². The molecule has 1 saturated carbocycles. The Bertz CT molecular complexity index is 2350. The summed E-state index contributed by atoms with van der Waals surface area (Å²) in [5.41, 5.74) is 7.87. The number of anilines is 2. The number of likely N-dealkylation sites (N-methyl/N-ethyl adjacent to an activating group) is 1. The Morgan fingerprint density at radius 3 is 2.39 bits per heavy atom. The molecule has 3 aromatic carbocycles. The number of unbranched alkanes of at least 4 members (excludes halogenated alkanes) is 4. The van der Waals surface area contributed by atoms with E-state index in [4.69, 9.17) is 16.6 Å². The van der Waals surface area contributed by atoms with E-state index in [1.54, 1.807) is 18.0 Å². The number of rotatable bonds is 19. The fraction of sp³-hybridized carbons (Fsp3) is 0.471. The minimum atomic E-state index is -0.634. The van der Waals surface area contributed by atoms with Crippen LogP contribution in [0.3, 0.4) is 0 Å². The number of amides is 2. The van der Waals surface area contributed by atoms with Gasteiger partial charge in [-0.2, -0.15) is 4.98 Å². The number of aromatic nitrogens is 3. The van der Waals surface area contributed by atoms with Crippen LogP contribution in [0.15, 0.2) is 73.1 Å². The average molecular weight is 892 g/mol. The molecule has 2 fully saturated rings. The molecular weight excluding hydrogens is 827 g/mol. The number of aryl methyl sites for hydroxylation is 1. The van der Waals surface area contributed by atoms with Crippen LogP contribution in [0.4, 0.5) is 16.0 Å². The van der Waals surface area contributed by atoms with Crippen molar-refractivity contribution in [2.24, 2.45) is 0 Å². The molecule has 0 spiro atoms. The molecule has 0 bridgehead atoms. The van der Waals surface area contributed by atoms with Crippen molar-refractivity contribution in [1.82, 2.24) is 34.6 Å². The minimum absolute atomic E-state index is 0. The molecule has 1 saturated heterocycles. The van der Waals surface area contributed by atoms with Crippen molar-refractivity contribution in [2.75, 3.05) is 45.1 Å². The highest BCUT2D eigenvalue weighted by atomic mass is 35.5. The van der Waals surface area contributed by atoms with E-state index in [0.29, 0.717) is 41.2 Å². The second-order valence-corrected chi connectivity index (χ2v) is 18.0. The van der Waals surface area contributed by atoms with Crippen molar-refractivity contribution < 1.29 is 18.8 Å². The first kappa shape index (κ1) is 46.8. The Balaban J connectivity index is 0.00000612. The summed E-state index contributed by atoms with van der Waals surface area (Å²) < 4.78 is 16.4. The first-order chi connectivity index (χ1) is 30.8. The molecule has 1 atom stereocenters. The number of hydrogen-bond donors (Lipinski definition) is 2. The standard InChI is InChI=1S/C50H60ClFN8O3.CH4/c1-53-48(62)46(14-10-26-61)60-33-38-27-35(17-20-43(38)49(60)63)11-6-3-2-4-9-21-57-22-24-58(25-23-57)32-36-15-18-37(19-16-36)45-34-59(42-12-7-5-8-13-42)47-44(45)31-54-50(56-47)55-41-29-39(51)28-40(52)30-41;/h15-20,26-31,34,42,46H,2-14,21-25,32-33H2,1H3,(H,53,62)(H,54,55,56);1H4. The third-order valence-electron chi connectivity index (χ3n) is 13.2. The molecule has 2 aromatic heterocycles. The van der Waals surface area contributed by atoms with E-state index in [9.17, 15) is 18.8 Å². The molecule has 11 nitrogen and oxygen atoms in total. The van der Waals surface area contributed by atoms with Gasteiger partial charge in [-0.25, -0.2) is 9.37 Å². The fourth-order valence-electron chi connectivity index (χ4n) is 9.75. The van der Waals surface area contributed by atoms with Crippen LogP contribution < -0.4 is 10.6 Å². The number of nitrogens with one attached hydrogen (secondary N) is 2. The smallest absolute Gasteiger partial charge is 0.255 e. The fourth-order valence-corrected chi connectivity index (χ4v) is 9.97. The highest BCUT2D eigenvalue weighted by Crippen LogP contribution is 2.37. The summed E-state index contributed by atoms with van der Waals surface area (Å²) in [5, 5.41) is 7.13. The van der Waals surface area contributed by atoms with E-state index in [-0.39, 0.29) is 25.7 Å². The van der Waals surface area contributed by atoms with Gasteiger partial charge in [0, 0.05) is 98.4 Å². The molecule has 8 rings (SSSR count). The zero-order valence-electron chi connectivity index (χ0n) is 36.5. The molecule has 1 unspecified atom stereocenters. The zero-order chi connectivity index (χ0) is 43.7. The van der Waals surface area contributed by atoms with E-state index in [0.717, 1.165) is 99.0 Å². The normalized spacial score (nSPS) is 16.4. The summed E-state index contributed by atoms with van der Waals surface area (Å²) in [6, 6.07) is 19.2. The van der Waals surface area contributed by atoms with Gasteiger partial charge in [-0.05, 0) is 91.6 Å². The maximum Gasteiger partial charge on any atom is 0.255 e. The lowest BCUT2D eigenvalue weighted by Gasteiger charge is -2.34. The van der Waals surface area contributed by atoms with E-state index in [2.05, 4.69) is 66.5 Å². The highest BCUT2D eigenvalue weighted by molar-refractivity contribution is 6.30. The van der Waals surface area contributed by atoms with E-state index in [1.807, 2.05) is 18.3 Å². The van der Waals surface area contributed by atoms with Gasteiger partial charge in [0.15, 0.2) is 0 Å². The lowest BCUT2D eigenvalue weighted by atomic mass is 9.95. The summed E-state index contributed by atoms with van der Waals surface area (Å²) in [6.07, 6.45) is 18.4. The Morgan fingerprint density at radius 2 is 1.64 bits per heavy atom. The molecule has 2 amide bonds. The number of aldehydes is 1. The highest BCUT2D eigenvalue weighted by Gasteiger charge is 2.36. The van der Waals surface area contributed by atoms with Crippen molar-refractivity contribution in [2.45, 2.75) is 116 Å². The van der Waals surface area contributed by atoms with Gasteiger partial charge < -0.3 is 29.8 Å². The van der Waals surface area contributed by atoms with Gasteiger partial charge in [0.2, 0.25) is 11.9 Å². The van der Waals surface area contributed by atoms with Crippen LogP contribution in [0, 0.1) is 5.82 Å². The summed E-state index contributed by atoms with van der Waals surface area (Å²) in [6.45, 7) is 6.84. The Kier molecular flexibility index (Phi) is 16.2. The van der Waals surface area contributed by atoms with Gasteiger partial charge in [-0.3, -0.25) is 14.5 Å². The summed E-state index contributed by atoms with van der Waals surface area (Å²) in [4.78, 5) is 53.0. The first-order valence-electron chi connectivity index (χ1n) is 23.0. The predicted molar refractivity (Wildman–Crippen MR) is 254 cm³/mol. The van der Waals surface area contributed by atoms with Crippen molar-refractivity contribution >= 4 is 52.4 Å². The maximum absolute atomic E-state index is 14.1. The van der Waals surface area contributed by atoms with Crippen LogP contribution in [0.2, 0.25) is 5.02 Å². The van der Waals surface area contributed by atoms with Crippen LogP contribution in [0.5, 0.6) is 0 Å². The number of carbonyl (C=O) groups excluding carboxylic acids is 3. The van der Waals surface area contributed by atoms with Crippen molar-refractivity contribution in [1.29, 1.82) is 0 Å². The van der Waals surface area contributed by atoms with Crippen molar-refractivity contribution in [3.63, 3.8) is 0 Å². The monoisotopic (exact) mass is 890 g/mol. The zero-order valence-corrected chi connectivity index (χ0v) is 37.2. The van der Waals surface area contributed by atoms with Gasteiger partial charge in [0.25, 0.3) is 5.91 Å². The quantitative estimate of drug-likeness (QED) is 0.0622. The molecule has 5 aromatic rings. The average Bonchev–Trinajstić information content (AvgIpc) is 3.83. The molecular formula is C51H64ClFN8O3. The van der Waals surface area contributed by atoms with Crippen LogP contribution >= 0.6 is 11.6 Å². The molecule has 13 heteroatoms. The van der Waals surface area contributed by atoms with Crippen LogP contribution in [0.25, 0.3) is 22.2 Å². The van der Waals surface area contributed by atoms with Crippen LogP contribution in [-0.4, -0.2) is 93.1 Å². The third kappa shape index (κ3) is 11.4. The van der Waals surface area contributed by atoms with E-state index < -0.39 is 11.9 Å².